The molecule has 0 fully saturated rings. The first-order chi connectivity index (χ1) is 9.49. The summed E-state index contributed by atoms with van der Waals surface area (Å²) in [5, 5.41) is 4.33. The maximum atomic E-state index is 5.95. The van der Waals surface area contributed by atoms with Crippen molar-refractivity contribution in [2.75, 3.05) is 5.32 Å². The van der Waals surface area contributed by atoms with Crippen LogP contribution >= 0.6 is 11.6 Å². The van der Waals surface area contributed by atoms with Crippen molar-refractivity contribution >= 4 is 23.0 Å². The van der Waals surface area contributed by atoms with Crippen molar-refractivity contribution in [2.45, 2.75) is 39.5 Å². The van der Waals surface area contributed by atoms with Crippen LogP contribution in [0.15, 0.2) is 42.5 Å². The van der Waals surface area contributed by atoms with E-state index >= 15 is 0 Å². The van der Waals surface area contributed by atoms with E-state index in [1.807, 2.05) is 24.3 Å². The van der Waals surface area contributed by atoms with Crippen LogP contribution < -0.4 is 5.32 Å². The van der Waals surface area contributed by atoms with Gasteiger partial charge in [0.15, 0.2) is 0 Å². The van der Waals surface area contributed by atoms with Crippen molar-refractivity contribution in [3.05, 3.63) is 58.6 Å². The van der Waals surface area contributed by atoms with Crippen LogP contribution in [-0.2, 0) is 0 Å². The van der Waals surface area contributed by atoms with Gasteiger partial charge in [0.25, 0.3) is 0 Å². The van der Waals surface area contributed by atoms with E-state index in [0.29, 0.717) is 11.8 Å². The molecule has 0 atom stereocenters. The highest BCUT2D eigenvalue weighted by Crippen LogP contribution is 2.34. The molecular weight excluding hydrogens is 266 g/mol. The molecule has 0 saturated carbocycles. The van der Waals surface area contributed by atoms with Crippen LogP contribution in [0.3, 0.4) is 0 Å². The van der Waals surface area contributed by atoms with E-state index in [2.05, 4.69) is 51.2 Å². The lowest BCUT2D eigenvalue weighted by atomic mass is 9.92. The summed E-state index contributed by atoms with van der Waals surface area (Å²) in [4.78, 5) is 0. The molecule has 0 unspecified atom stereocenters. The molecular formula is C18H22ClN. The standard InChI is InChI=1S/C18H22ClN/c1-12(2)16-6-5-7-17(13(3)4)18(16)20-15-10-8-14(19)9-11-15/h5-13,20H,1-4H3. The molecule has 0 aliphatic heterocycles. The second-order valence-electron chi connectivity index (χ2n) is 5.75. The Morgan fingerprint density at radius 2 is 1.30 bits per heavy atom. The SMILES string of the molecule is CC(C)c1cccc(C(C)C)c1Nc1ccc(Cl)cc1. The van der Waals surface area contributed by atoms with Gasteiger partial charge in [-0.2, -0.15) is 0 Å². The Balaban J connectivity index is 2.44. The van der Waals surface area contributed by atoms with Crippen molar-refractivity contribution in [2.24, 2.45) is 0 Å². The Labute approximate surface area is 127 Å². The first-order valence-corrected chi connectivity index (χ1v) is 7.52. The Morgan fingerprint density at radius 1 is 0.800 bits per heavy atom. The molecule has 0 aliphatic carbocycles. The summed E-state index contributed by atoms with van der Waals surface area (Å²) in [5.74, 6) is 0.979. The van der Waals surface area contributed by atoms with Crippen LogP contribution in [0.2, 0.25) is 5.02 Å². The highest BCUT2D eigenvalue weighted by Gasteiger charge is 2.13. The number of anilines is 2. The topological polar surface area (TPSA) is 12.0 Å². The smallest absolute Gasteiger partial charge is 0.0454 e. The molecule has 2 aromatic carbocycles. The summed E-state index contributed by atoms with van der Waals surface area (Å²) in [6, 6.07) is 14.4. The van der Waals surface area contributed by atoms with Gasteiger partial charge in [-0.05, 0) is 47.2 Å². The van der Waals surface area contributed by atoms with E-state index in [9.17, 15) is 0 Å². The highest BCUT2D eigenvalue weighted by molar-refractivity contribution is 6.30. The lowest BCUT2D eigenvalue weighted by molar-refractivity contribution is 0.838. The van der Waals surface area contributed by atoms with Gasteiger partial charge in [0.1, 0.15) is 0 Å². The summed E-state index contributed by atoms with van der Waals surface area (Å²) in [7, 11) is 0. The number of hydrogen-bond donors (Lipinski definition) is 1. The number of halogens is 1. The first-order valence-electron chi connectivity index (χ1n) is 7.14. The molecule has 0 radical (unpaired) electrons. The average molecular weight is 288 g/mol. The van der Waals surface area contributed by atoms with Gasteiger partial charge < -0.3 is 5.32 Å². The van der Waals surface area contributed by atoms with Gasteiger partial charge in [-0.15, -0.1) is 0 Å². The first kappa shape index (κ1) is 14.9. The van der Waals surface area contributed by atoms with Gasteiger partial charge in [-0.25, -0.2) is 0 Å². The number of benzene rings is 2. The van der Waals surface area contributed by atoms with E-state index in [4.69, 9.17) is 11.6 Å². The van der Waals surface area contributed by atoms with E-state index < -0.39 is 0 Å². The van der Waals surface area contributed by atoms with Gasteiger partial charge in [0.05, 0.1) is 0 Å². The Bertz CT molecular complexity index is 544. The van der Waals surface area contributed by atoms with Crippen LogP contribution in [0.25, 0.3) is 0 Å². The molecule has 0 spiro atoms. The molecule has 0 heterocycles. The minimum atomic E-state index is 0.489. The normalized spacial score (nSPS) is 11.2. The van der Waals surface area contributed by atoms with E-state index in [1.54, 1.807) is 0 Å². The molecule has 0 amide bonds. The molecule has 0 saturated heterocycles. The van der Waals surface area contributed by atoms with Crippen molar-refractivity contribution in [1.29, 1.82) is 0 Å². The fourth-order valence-electron chi connectivity index (χ4n) is 2.37. The molecule has 1 N–H and O–H groups in total. The van der Waals surface area contributed by atoms with Gasteiger partial charge in [-0.1, -0.05) is 57.5 Å². The maximum Gasteiger partial charge on any atom is 0.0454 e. The van der Waals surface area contributed by atoms with Gasteiger partial charge >= 0.3 is 0 Å². The molecule has 0 bridgehead atoms. The molecule has 1 nitrogen and oxygen atoms in total. The third kappa shape index (κ3) is 3.34. The molecule has 2 heteroatoms. The second-order valence-corrected chi connectivity index (χ2v) is 6.19. The Hall–Kier alpha value is -1.47. The third-order valence-electron chi connectivity index (χ3n) is 3.49. The minimum Gasteiger partial charge on any atom is -0.355 e. The van der Waals surface area contributed by atoms with Crippen molar-refractivity contribution in [3.8, 4) is 0 Å². The van der Waals surface area contributed by atoms with Gasteiger partial charge in [0.2, 0.25) is 0 Å². The van der Waals surface area contributed by atoms with E-state index in [-0.39, 0.29) is 0 Å². The second kappa shape index (κ2) is 6.32. The Morgan fingerprint density at radius 3 is 1.75 bits per heavy atom. The summed E-state index contributed by atoms with van der Waals surface area (Å²) in [6.45, 7) is 8.91. The van der Waals surface area contributed by atoms with Gasteiger partial charge in [-0.3, -0.25) is 0 Å². The van der Waals surface area contributed by atoms with Crippen molar-refractivity contribution in [1.82, 2.24) is 0 Å². The predicted molar refractivity (Wildman–Crippen MR) is 89.4 cm³/mol. The monoisotopic (exact) mass is 287 g/mol. The zero-order chi connectivity index (χ0) is 14.7. The predicted octanol–water partition coefficient (Wildman–Crippen LogP) is 6.33. The van der Waals surface area contributed by atoms with Crippen molar-refractivity contribution < 1.29 is 0 Å². The van der Waals surface area contributed by atoms with Crippen LogP contribution in [0.5, 0.6) is 0 Å². The van der Waals surface area contributed by atoms with Crippen LogP contribution in [0, 0.1) is 0 Å². The lowest BCUT2D eigenvalue weighted by Gasteiger charge is -2.21. The number of rotatable bonds is 4. The molecule has 0 aliphatic rings. The summed E-state index contributed by atoms with van der Waals surface area (Å²) >= 11 is 5.95. The third-order valence-corrected chi connectivity index (χ3v) is 3.74. The molecule has 0 aromatic heterocycles. The quantitative estimate of drug-likeness (QED) is 0.693. The largest absolute Gasteiger partial charge is 0.355 e. The summed E-state index contributed by atoms with van der Waals surface area (Å²) in [5.41, 5.74) is 5.02. The maximum absolute atomic E-state index is 5.95. The van der Waals surface area contributed by atoms with E-state index in [1.165, 1.54) is 16.8 Å². The molecule has 2 aromatic rings. The summed E-state index contributed by atoms with van der Waals surface area (Å²) in [6.07, 6.45) is 0. The fraction of sp³-hybridized carbons (Fsp3) is 0.333. The Kier molecular flexibility index (Phi) is 4.72. The summed E-state index contributed by atoms with van der Waals surface area (Å²) < 4.78 is 0. The van der Waals surface area contributed by atoms with Crippen LogP contribution in [0.1, 0.15) is 50.7 Å². The molecule has 106 valence electrons. The highest BCUT2D eigenvalue weighted by atomic mass is 35.5. The van der Waals surface area contributed by atoms with Crippen LogP contribution in [-0.4, -0.2) is 0 Å². The number of hydrogen-bond acceptors (Lipinski definition) is 1. The van der Waals surface area contributed by atoms with Crippen molar-refractivity contribution in [3.63, 3.8) is 0 Å². The van der Waals surface area contributed by atoms with Crippen LogP contribution in [0.4, 0.5) is 11.4 Å². The van der Waals surface area contributed by atoms with Gasteiger partial charge in [0, 0.05) is 16.4 Å². The number of nitrogens with one attached hydrogen (secondary N) is 1. The molecule has 2 rings (SSSR count). The zero-order valence-electron chi connectivity index (χ0n) is 12.6. The van der Waals surface area contributed by atoms with E-state index in [0.717, 1.165) is 10.7 Å². The zero-order valence-corrected chi connectivity index (χ0v) is 13.3. The molecule has 20 heavy (non-hydrogen) atoms. The fourth-order valence-corrected chi connectivity index (χ4v) is 2.50. The number of para-hydroxylation sites is 1. The minimum absolute atomic E-state index is 0.489. The lowest BCUT2D eigenvalue weighted by Crippen LogP contribution is -2.03. The average Bonchev–Trinajstić information content (AvgIpc) is 2.41.